The van der Waals surface area contributed by atoms with Gasteiger partial charge in [0.15, 0.2) is 0 Å². The maximum atomic E-state index is 12.5. The highest BCUT2D eigenvalue weighted by molar-refractivity contribution is 5.80. The monoisotopic (exact) mass is 269 g/mol. The Morgan fingerprint density at radius 2 is 1.85 bits per heavy atom. The number of nitrogens with zero attached hydrogens (tertiary/aromatic N) is 2. The highest BCUT2D eigenvalue weighted by Gasteiger charge is 2.14. The standard InChI is InChI=1S/C15H15N3O2/c1-3-17-10(2)14-12(9-13(17)19)16-18(15(14)20)11-7-5-4-6-8-11/h4-9,16H,3H2,1-2H3. The highest BCUT2D eigenvalue weighted by atomic mass is 16.1. The molecule has 0 atom stereocenters. The molecule has 0 unspecified atom stereocenters. The second-order valence-electron chi connectivity index (χ2n) is 4.69. The van der Waals surface area contributed by atoms with Gasteiger partial charge in [-0.1, -0.05) is 18.2 Å². The summed E-state index contributed by atoms with van der Waals surface area (Å²) in [5.74, 6) is 0. The molecule has 0 aliphatic heterocycles. The summed E-state index contributed by atoms with van der Waals surface area (Å²) in [4.78, 5) is 24.5. The molecule has 20 heavy (non-hydrogen) atoms. The summed E-state index contributed by atoms with van der Waals surface area (Å²) in [6, 6.07) is 10.8. The SMILES string of the molecule is CCn1c(C)c2c(=O)n(-c3ccccc3)[nH]c2cc1=O. The van der Waals surface area contributed by atoms with Crippen LogP contribution in [-0.4, -0.2) is 14.3 Å². The van der Waals surface area contributed by atoms with Crippen molar-refractivity contribution in [2.45, 2.75) is 20.4 Å². The maximum absolute atomic E-state index is 12.5. The van der Waals surface area contributed by atoms with E-state index < -0.39 is 0 Å². The number of aromatic amines is 1. The summed E-state index contributed by atoms with van der Waals surface area (Å²) in [7, 11) is 0. The smallest absolute Gasteiger partial charge is 0.280 e. The number of benzene rings is 1. The summed E-state index contributed by atoms with van der Waals surface area (Å²) >= 11 is 0. The fourth-order valence-electron chi connectivity index (χ4n) is 2.56. The Hall–Kier alpha value is -2.56. The first-order valence-electron chi connectivity index (χ1n) is 6.54. The van der Waals surface area contributed by atoms with Crippen molar-refractivity contribution in [1.29, 1.82) is 0 Å². The van der Waals surface area contributed by atoms with E-state index in [2.05, 4.69) is 5.10 Å². The Morgan fingerprint density at radius 3 is 2.50 bits per heavy atom. The maximum Gasteiger partial charge on any atom is 0.280 e. The topological polar surface area (TPSA) is 59.8 Å². The fraction of sp³-hybridized carbons (Fsp3) is 0.200. The van der Waals surface area contributed by atoms with Crippen molar-refractivity contribution < 1.29 is 0 Å². The van der Waals surface area contributed by atoms with E-state index in [0.29, 0.717) is 23.1 Å². The first-order chi connectivity index (χ1) is 9.63. The van der Waals surface area contributed by atoms with Crippen LogP contribution in [0.1, 0.15) is 12.6 Å². The van der Waals surface area contributed by atoms with Crippen LogP contribution >= 0.6 is 0 Å². The normalized spacial score (nSPS) is 11.1. The van der Waals surface area contributed by atoms with Crippen LogP contribution in [0, 0.1) is 6.92 Å². The van der Waals surface area contributed by atoms with Gasteiger partial charge in [-0.15, -0.1) is 0 Å². The second kappa shape index (κ2) is 4.52. The zero-order chi connectivity index (χ0) is 14.3. The lowest BCUT2D eigenvalue weighted by Gasteiger charge is -2.05. The van der Waals surface area contributed by atoms with E-state index in [1.165, 1.54) is 10.7 Å². The van der Waals surface area contributed by atoms with Gasteiger partial charge in [0.1, 0.15) is 0 Å². The van der Waals surface area contributed by atoms with Crippen molar-refractivity contribution in [3.63, 3.8) is 0 Å². The van der Waals surface area contributed by atoms with Gasteiger partial charge in [0.05, 0.1) is 16.6 Å². The van der Waals surface area contributed by atoms with Crippen LogP contribution in [0.2, 0.25) is 0 Å². The molecule has 1 aromatic carbocycles. The minimum absolute atomic E-state index is 0.0982. The molecular formula is C15H15N3O2. The average Bonchev–Trinajstić information content (AvgIpc) is 2.77. The second-order valence-corrected chi connectivity index (χ2v) is 4.69. The number of nitrogens with one attached hydrogen (secondary N) is 1. The van der Waals surface area contributed by atoms with Gasteiger partial charge in [0.25, 0.3) is 11.1 Å². The molecule has 2 heterocycles. The molecule has 0 radical (unpaired) electrons. The zero-order valence-electron chi connectivity index (χ0n) is 11.4. The summed E-state index contributed by atoms with van der Waals surface area (Å²) < 4.78 is 3.07. The lowest BCUT2D eigenvalue weighted by atomic mass is 10.2. The van der Waals surface area contributed by atoms with E-state index in [1.54, 1.807) is 11.5 Å². The number of fused-ring (bicyclic) bond motifs is 1. The van der Waals surface area contributed by atoms with E-state index in [4.69, 9.17) is 0 Å². The van der Waals surface area contributed by atoms with Crippen LogP contribution in [0.4, 0.5) is 0 Å². The number of rotatable bonds is 2. The average molecular weight is 269 g/mol. The molecule has 5 nitrogen and oxygen atoms in total. The molecule has 0 bridgehead atoms. The summed E-state index contributed by atoms with van der Waals surface area (Å²) in [6.45, 7) is 4.25. The third-order valence-corrected chi connectivity index (χ3v) is 3.55. The predicted octanol–water partition coefficient (Wildman–Crippen LogP) is 1.81. The molecule has 2 aromatic heterocycles. The molecular weight excluding hydrogens is 254 g/mol. The number of H-pyrrole nitrogens is 1. The summed E-state index contributed by atoms with van der Waals surface area (Å²) in [5, 5.41) is 3.57. The zero-order valence-corrected chi connectivity index (χ0v) is 11.4. The number of hydrogen-bond donors (Lipinski definition) is 1. The van der Waals surface area contributed by atoms with Crippen LogP contribution in [0.15, 0.2) is 46.0 Å². The van der Waals surface area contributed by atoms with Gasteiger partial charge in [-0.25, -0.2) is 4.68 Å². The molecule has 1 N–H and O–H groups in total. The molecule has 0 fully saturated rings. The summed E-state index contributed by atoms with van der Waals surface area (Å²) in [5.41, 5.74) is 1.80. The molecule has 0 amide bonds. The van der Waals surface area contributed by atoms with E-state index in [9.17, 15) is 9.59 Å². The molecule has 0 saturated heterocycles. The minimum Gasteiger partial charge on any atom is -0.312 e. The number of hydrogen-bond acceptors (Lipinski definition) is 2. The third kappa shape index (κ3) is 1.71. The van der Waals surface area contributed by atoms with Gasteiger partial charge in [-0.2, -0.15) is 0 Å². The van der Waals surface area contributed by atoms with Gasteiger partial charge in [-0.05, 0) is 26.0 Å². The quantitative estimate of drug-likeness (QED) is 0.771. The van der Waals surface area contributed by atoms with Crippen molar-refractivity contribution >= 4 is 10.9 Å². The Balaban J connectivity index is 2.40. The van der Waals surface area contributed by atoms with E-state index in [-0.39, 0.29) is 11.1 Å². The molecule has 0 saturated carbocycles. The molecule has 0 aliphatic carbocycles. The van der Waals surface area contributed by atoms with Crippen LogP contribution in [-0.2, 0) is 6.54 Å². The van der Waals surface area contributed by atoms with E-state index in [0.717, 1.165) is 5.69 Å². The molecule has 3 rings (SSSR count). The minimum atomic E-state index is -0.133. The van der Waals surface area contributed by atoms with E-state index in [1.807, 2.05) is 37.3 Å². The lowest BCUT2D eigenvalue weighted by Crippen LogP contribution is -2.22. The van der Waals surface area contributed by atoms with Gasteiger partial charge in [-0.3, -0.25) is 14.7 Å². The van der Waals surface area contributed by atoms with Crippen LogP contribution in [0.3, 0.4) is 0 Å². The fourth-order valence-corrected chi connectivity index (χ4v) is 2.56. The number of pyridine rings is 1. The third-order valence-electron chi connectivity index (χ3n) is 3.55. The van der Waals surface area contributed by atoms with Crippen LogP contribution in [0.5, 0.6) is 0 Å². The number of para-hydroxylation sites is 1. The van der Waals surface area contributed by atoms with Crippen LogP contribution in [0.25, 0.3) is 16.6 Å². The van der Waals surface area contributed by atoms with E-state index >= 15 is 0 Å². The van der Waals surface area contributed by atoms with Crippen molar-refractivity contribution in [1.82, 2.24) is 14.3 Å². The van der Waals surface area contributed by atoms with Crippen molar-refractivity contribution in [3.8, 4) is 5.69 Å². The van der Waals surface area contributed by atoms with Crippen molar-refractivity contribution in [3.05, 3.63) is 62.8 Å². The molecule has 5 heteroatoms. The van der Waals surface area contributed by atoms with Crippen molar-refractivity contribution in [2.24, 2.45) is 0 Å². The van der Waals surface area contributed by atoms with Gasteiger partial charge >= 0.3 is 0 Å². The Morgan fingerprint density at radius 1 is 1.15 bits per heavy atom. The van der Waals surface area contributed by atoms with Gasteiger partial charge in [0, 0.05) is 18.3 Å². The Kier molecular flexibility index (Phi) is 2.82. The highest BCUT2D eigenvalue weighted by Crippen LogP contribution is 2.13. The largest absolute Gasteiger partial charge is 0.312 e. The molecule has 0 spiro atoms. The molecule has 0 aliphatic rings. The number of aryl methyl sites for hydroxylation is 1. The first kappa shape index (κ1) is 12.5. The van der Waals surface area contributed by atoms with Gasteiger partial charge in [0.2, 0.25) is 0 Å². The van der Waals surface area contributed by atoms with Crippen molar-refractivity contribution in [2.75, 3.05) is 0 Å². The lowest BCUT2D eigenvalue weighted by molar-refractivity contribution is 0.708. The Labute approximate surface area is 115 Å². The van der Waals surface area contributed by atoms with Crippen LogP contribution < -0.4 is 11.1 Å². The number of aromatic nitrogens is 3. The Bertz CT molecular complexity index is 885. The first-order valence-corrected chi connectivity index (χ1v) is 6.54. The molecule has 3 aromatic rings. The summed E-state index contributed by atoms with van der Waals surface area (Å²) in [6.07, 6.45) is 0. The van der Waals surface area contributed by atoms with Gasteiger partial charge < -0.3 is 4.57 Å². The molecule has 102 valence electrons. The predicted molar refractivity (Wildman–Crippen MR) is 78.6 cm³/mol.